The summed E-state index contributed by atoms with van der Waals surface area (Å²) in [6.07, 6.45) is -2.27. The van der Waals surface area contributed by atoms with Crippen LogP contribution in [0, 0.1) is 5.41 Å². The molecule has 3 N–H and O–H groups in total. The number of amides is 3. The molecule has 3 rings (SSSR count). The van der Waals surface area contributed by atoms with Crippen LogP contribution in [0.1, 0.15) is 29.5 Å². The number of Topliss-reactive ketones (excluding diaryl/α,β-unsaturated/α-hetero) is 1. The number of nitrogens with one attached hydrogen (secondary N) is 3. The summed E-state index contributed by atoms with van der Waals surface area (Å²) >= 11 is 3.13. The van der Waals surface area contributed by atoms with Gasteiger partial charge >= 0.3 is 18.3 Å². The largest absolute Gasteiger partial charge is 0.445 e. The molecule has 0 spiro atoms. The lowest BCUT2D eigenvalue weighted by atomic mass is 10.1. The van der Waals surface area contributed by atoms with E-state index in [2.05, 4.69) is 26.6 Å². The molecule has 0 saturated heterocycles. The Kier molecular flexibility index (Phi) is 13.7. The van der Waals surface area contributed by atoms with Crippen molar-refractivity contribution in [2.24, 2.45) is 0 Å². The highest BCUT2D eigenvalue weighted by atomic mass is 79.9. The van der Waals surface area contributed by atoms with Crippen LogP contribution in [0.25, 0.3) is 0 Å². The van der Waals surface area contributed by atoms with Crippen molar-refractivity contribution >= 4 is 46.0 Å². The topological polar surface area (TPSA) is 147 Å². The summed E-state index contributed by atoms with van der Waals surface area (Å²) in [6, 6.07) is 26.2. The molecule has 0 bridgehead atoms. The van der Waals surface area contributed by atoms with E-state index in [9.17, 15) is 19.2 Å². The van der Waals surface area contributed by atoms with Crippen molar-refractivity contribution in [3.63, 3.8) is 0 Å². The van der Waals surface area contributed by atoms with Crippen LogP contribution in [0.3, 0.4) is 0 Å². The summed E-state index contributed by atoms with van der Waals surface area (Å²) < 4.78 is 15.8. The molecule has 0 unspecified atom stereocenters. The van der Waals surface area contributed by atoms with Crippen LogP contribution in [0.4, 0.5) is 14.4 Å². The molecule has 11 nitrogen and oxygen atoms in total. The predicted octanol–water partition coefficient (Wildman–Crippen LogP) is 5.53. The molecule has 1 atom stereocenters. The lowest BCUT2D eigenvalue weighted by Gasteiger charge is -2.24. The maximum absolute atomic E-state index is 13.0. The average Bonchev–Trinajstić information content (AvgIpc) is 3.04. The molecule has 0 aliphatic carbocycles. The van der Waals surface area contributed by atoms with Gasteiger partial charge in [0.1, 0.15) is 19.8 Å². The second-order valence-electron chi connectivity index (χ2n) is 9.23. The van der Waals surface area contributed by atoms with Crippen molar-refractivity contribution in [3.05, 3.63) is 108 Å². The molecule has 0 radical (unpaired) electrons. The van der Waals surface area contributed by atoms with Crippen LogP contribution < -0.4 is 10.6 Å². The van der Waals surface area contributed by atoms with Crippen LogP contribution in [0.2, 0.25) is 0 Å². The summed E-state index contributed by atoms with van der Waals surface area (Å²) in [6.45, 7) is -0.146. The standard InChI is InChI=1S/C31H33BrN4O7/c32-19-27(37)26(34-29(38)41-20-23-11-4-1-5-12-23)17-10-18-36(31(40)43-22-25-15-8-3-9-16-25)28(33)35-30(39)42-21-24-13-6-2-7-14-24/h1-9,11-16,26H,10,17-22H2,(H,34,38)(H2,33,35,39)/t26-/m0/s1. The molecule has 0 aliphatic heterocycles. The normalized spacial score (nSPS) is 11.0. The second kappa shape index (κ2) is 18.0. The van der Waals surface area contributed by atoms with Gasteiger partial charge in [-0.3, -0.25) is 15.5 Å². The van der Waals surface area contributed by atoms with E-state index in [1.54, 1.807) is 60.7 Å². The van der Waals surface area contributed by atoms with Crippen LogP contribution in [0.15, 0.2) is 91.0 Å². The Morgan fingerprint density at radius 1 is 0.721 bits per heavy atom. The minimum atomic E-state index is -0.926. The zero-order valence-electron chi connectivity index (χ0n) is 23.4. The summed E-state index contributed by atoms with van der Waals surface area (Å²) in [7, 11) is 0. The van der Waals surface area contributed by atoms with E-state index in [4.69, 9.17) is 19.6 Å². The quantitative estimate of drug-likeness (QED) is 0.0952. The maximum atomic E-state index is 13.0. The fourth-order valence-electron chi connectivity index (χ4n) is 3.78. The van der Waals surface area contributed by atoms with Crippen molar-refractivity contribution in [1.82, 2.24) is 15.5 Å². The Morgan fingerprint density at radius 3 is 1.67 bits per heavy atom. The van der Waals surface area contributed by atoms with Gasteiger partial charge < -0.3 is 19.5 Å². The highest BCUT2D eigenvalue weighted by Crippen LogP contribution is 2.09. The Morgan fingerprint density at radius 2 is 1.19 bits per heavy atom. The van der Waals surface area contributed by atoms with Gasteiger partial charge in [-0.2, -0.15) is 0 Å². The molecule has 43 heavy (non-hydrogen) atoms. The number of carbonyl (C=O) groups excluding carboxylic acids is 4. The molecule has 0 saturated carbocycles. The number of rotatable bonds is 13. The predicted molar refractivity (Wildman–Crippen MR) is 162 cm³/mol. The monoisotopic (exact) mass is 652 g/mol. The molecule has 0 fully saturated rings. The Hall–Kier alpha value is -4.71. The SMILES string of the molecule is N=C(NC(=O)OCc1ccccc1)N(CCC[C@H](NC(=O)OCc1ccccc1)C(=O)CBr)C(=O)OCc1ccccc1. The van der Waals surface area contributed by atoms with Crippen LogP contribution in [0.5, 0.6) is 0 Å². The highest BCUT2D eigenvalue weighted by Gasteiger charge is 2.25. The zero-order valence-corrected chi connectivity index (χ0v) is 25.0. The molecule has 3 amide bonds. The molecule has 226 valence electrons. The van der Waals surface area contributed by atoms with E-state index in [1.165, 1.54) is 0 Å². The number of benzene rings is 3. The first kappa shape index (κ1) is 32.8. The number of guanidine groups is 1. The summed E-state index contributed by atoms with van der Waals surface area (Å²) in [5, 5.41) is 13.2. The van der Waals surface area contributed by atoms with E-state index >= 15 is 0 Å². The van der Waals surface area contributed by atoms with Crippen molar-refractivity contribution in [3.8, 4) is 0 Å². The smallest absolute Gasteiger partial charge is 0.416 e. The van der Waals surface area contributed by atoms with Gasteiger partial charge in [-0.15, -0.1) is 0 Å². The molecular weight excluding hydrogens is 620 g/mol. The Bertz CT molecular complexity index is 1340. The van der Waals surface area contributed by atoms with E-state index in [1.807, 2.05) is 30.3 Å². The molecule has 12 heteroatoms. The Balaban J connectivity index is 1.58. The number of alkyl halides is 1. The van der Waals surface area contributed by atoms with Gasteiger partial charge in [0.15, 0.2) is 5.78 Å². The van der Waals surface area contributed by atoms with E-state index in [-0.39, 0.29) is 50.3 Å². The molecule has 0 heterocycles. The number of hydrogen-bond donors (Lipinski definition) is 3. The van der Waals surface area contributed by atoms with Crippen molar-refractivity contribution in [2.45, 2.75) is 38.7 Å². The van der Waals surface area contributed by atoms with Gasteiger partial charge in [0, 0.05) is 6.54 Å². The fraction of sp³-hybridized carbons (Fsp3) is 0.258. The lowest BCUT2D eigenvalue weighted by Crippen LogP contribution is -2.48. The second-order valence-corrected chi connectivity index (χ2v) is 9.79. The van der Waals surface area contributed by atoms with Gasteiger partial charge in [0.05, 0.1) is 11.4 Å². The average molecular weight is 654 g/mol. The van der Waals surface area contributed by atoms with Crippen LogP contribution in [-0.4, -0.2) is 52.8 Å². The van der Waals surface area contributed by atoms with Gasteiger partial charge in [0.2, 0.25) is 5.96 Å². The Labute approximate surface area is 258 Å². The van der Waals surface area contributed by atoms with Gasteiger partial charge in [-0.1, -0.05) is 107 Å². The van der Waals surface area contributed by atoms with E-state index in [0.29, 0.717) is 0 Å². The molecule has 3 aromatic carbocycles. The van der Waals surface area contributed by atoms with E-state index < -0.39 is 30.3 Å². The van der Waals surface area contributed by atoms with Gasteiger partial charge in [0.25, 0.3) is 0 Å². The number of halogens is 1. The van der Waals surface area contributed by atoms with Gasteiger partial charge in [-0.25, -0.2) is 19.3 Å². The molecule has 3 aromatic rings. The molecular formula is C31H33BrN4O7. The highest BCUT2D eigenvalue weighted by molar-refractivity contribution is 9.09. The van der Waals surface area contributed by atoms with Crippen LogP contribution in [-0.2, 0) is 38.8 Å². The molecule has 0 aliphatic rings. The number of nitrogens with zero attached hydrogens (tertiary/aromatic N) is 1. The van der Waals surface area contributed by atoms with Crippen molar-refractivity contribution in [1.29, 1.82) is 5.41 Å². The number of ketones is 1. The first-order valence-corrected chi connectivity index (χ1v) is 14.6. The van der Waals surface area contributed by atoms with Crippen LogP contribution >= 0.6 is 15.9 Å². The minimum Gasteiger partial charge on any atom is -0.445 e. The lowest BCUT2D eigenvalue weighted by molar-refractivity contribution is -0.118. The number of ether oxygens (including phenoxy) is 3. The third kappa shape index (κ3) is 12.0. The number of alkyl carbamates (subject to hydrolysis) is 2. The van der Waals surface area contributed by atoms with Crippen molar-refractivity contribution in [2.75, 3.05) is 11.9 Å². The first-order chi connectivity index (χ1) is 20.9. The third-order valence-corrected chi connectivity index (χ3v) is 6.58. The van der Waals surface area contributed by atoms with Gasteiger partial charge in [-0.05, 0) is 29.5 Å². The summed E-state index contributed by atoms with van der Waals surface area (Å²) in [4.78, 5) is 51.2. The number of hydrogen-bond acceptors (Lipinski definition) is 8. The zero-order chi connectivity index (χ0) is 30.9. The minimum absolute atomic E-state index is 0.00983. The van der Waals surface area contributed by atoms with E-state index in [0.717, 1.165) is 21.6 Å². The van der Waals surface area contributed by atoms with Crippen molar-refractivity contribution < 1.29 is 33.4 Å². The summed E-state index contributed by atoms with van der Waals surface area (Å²) in [5.74, 6) is -0.859. The maximum Gasteiger partial charge on any atom is 0.416 e. The summed E-state index contributed by atoms with van der Waals surface area (Å²) in [5.41, 5.74) is 2.28. The number of carbonyl (C=O) groups is 4. The molecule has 0 aromatic heterocycles. The fourth-order valence-corrected chi connectivity index (χ4v) is 4.17. The third-order valence-electron chi connectivity index (χ3n) is 6.03. The first-order valence-electron chi connectivity index (χ1n) is 13.5.